The molecule has 2 rings (SSSR count). The van der Waals surface area contributed by atoms with E-state index >= 15 is 0 Å². The molecule has 0 spiro atoms. The van der Waals surface area contributed by atoms with Gasteiger partial charge in [0, 0.05) is 17.5 Å². The number of rotatable bonds is 2. The highest BCUT2D eigenvalue weighted by atomic mass is 32.2. The number of piperidine rings is 1. The summed E-state index contributed by atoms with van der Waals surface area (Å²) in [7, 11) is 0. The quantitative estimate of drug-likeness (QED) is 0.758. The zero-order valence-corrected chi connectivity index (χ0v) is 13.0. The van der Waals surface area contributed by atoms with Gasteiger partial charge < -0.3 is 4.90 Å². The lowest BCUT2D eigenvalue weighted by molar-refractivity contribution is 0.297. The van der Waals surface area contributed by atoms with Gasteiger partial charge in [-0.1, -0.05) is 19.9 Å². The standard InChI is InChI=1S/C16H22N2S/c1-11-8-12(2)13(3)18(10-11)15-6-5-7-16(19-4)14(15)9-17/h5-7,11-13H,8,10H2,1-4H3. The molecular weight excluding hydrogens is 252 g/mol. The van der Waals surface area contributed by atoms with Gasteiger partial charge in [-0.05, 0) is 43.6 Å². The first-order valence-corrected chi connectivity index (χ1v) is 8.14. The van der Waals surface area contributed by atoms with Crippen molar-refractivity contribution in [2.75, 3.05) is 17.7 Å². The molecule has 0 N–H and O–H groups in total. The minimum Gasteiger partial charge on any atom is -0.367 e. The number of nitriles is 1. The van der Waals surface area contributed by atoms with Crippen LogP contribution in [0.25, 0.3) is 0 Å². The SMILES string of the molecule is CSc1cccc(N2CC(C)CC(C)C2C)c1C#N. The second-order valence-corrected chi connectivity index (χ2v) is 6.53. The van der Waals surface area contributed by atoms with Crippen LogP contribution in [0.3, 0.4) is 0 Å². The molecule has 1 heterocycles. The zero-order chi connectivity index (χ0) is 14.0. The predicted octanol–water partition coefficient (Wildman–Crippen LogP) is 4.15. The fourth-order valence-electron chi connectivity index (χ4n) is 3.07. The molecular formula is C16H22N2S. The molecule has 1 saturated heterocycles. The minimum absolute atomic E-state index is 0.500. The van der Waals surface area contributed by atoms with Crippen molar-refractivity contribution in [1.29, 1.82) is 5.26 Å². The third-order valence-electron chi connectivity index (χ3n) is 4.24. The molecule has 0 amide bonds. The van der Waals surface area contributed by atoms with Crippen LogP contribution in [0.4, 0.5) is 5.69 Å². The largest absolute Gasteiger partial charge is 0.367 e. The molecule has 19 heavy (non-hydrogen) atoms. The lowest BCUT2D eigenvalue weighted by atomic mass is 9.85. The van der Waals surface area contributed by atoms with Crippen molar-refractivity contribution in [3.63, 3.8) is 0 Å². The monoisotopic (exact) mass is 274 g/mol. The lowest BCUT2D eigenvalue weighted by Gasteiger charge is -2.43. The van der Waals surface area contributed by atoms with E-state index in [2.05, 4.69) is 43.9 Å². The molecule has 3 unspecified atom stereocenters. The van der Waals surface area contributed by atoms with Crippen LogP contribution in [-0.4, -0.2) is 18.8 Å². The molecule has 102 valence electrons. The number of hydrogen-bond acceptors (Lipinski definition) is 3. The van der Waals surface area contributed by atoms with Gasteiger partial charge in [0.05, 0.1) is 11.3 Å². The number of nitrogens with zero attached hydrogens (tertiary/aromatic N) is 2. The summed E-state index contributed by atoms with van der Waals surface area (Å²) >= 11 is 1.65. The molecule has 2 nitrogen and oxygen atoms in total. The Morgan fingerprint density at radius 1 is 1.32 bits per heavy atom. The maximum Gasteiger partial charge on any atom is 0.103 e. The fraction of sp³-hybridized carbons (Fsp3) is 0.562. The van der Waals surface area contributed by atoms with Crippen molar-refractivity contribution < 1.29 is 0 Å². The zero-order valence-electron chi connectivity index (χ0n) is 12.2. The Morgan fingerprint density at radius 2 is 2.05 bits per heavy atom. The van der Waals surface area contributed by atoms with Gasteiger partial charge in [0.25, 0.3) is 0 Å². The van der Waals surface area contributed by atoms with Gasteiger partial charge in [0.1, 0.15) is 6.07 Å². The van der Waals surface area contributed by atoms with Crippen LogP contribution in [0, 0.1) is 23.2 Å². The van der Waals surface area contributed by atoms with E-state index in [4.69, 9.17) is 0 Å². The summed E-state index contributed by atoms with van der Waals surface area (Å²) in [6.45, 7) is 7.96. The molecule has 3 atom stereocenters. The van der Waals surface area contributed by atoms with Crippen LogP contribution < -0.4 is 4.90 Å². The van der Waals surface area contributed by atoms with Gasteiger partial charge in [-0.3, -0.25) is 0 Å². The van der Waals surface area contributed by atoms with E-state index < -0.39 is 0 Å². The first kappa shape index (κ1) is 14.3. The van der Waals surface area contributed by atoms with E-state index in [1.165, 1.54) is 6.42 Å². The first-order chi connectivity index (χ1) is 9.08. The summed E-state index contributed by atoms with van der Waals surface area (Å²) in [6.07, 6.45) is 3.31. The Balaban J connectivity index is 2.43. The topological polar surface area (TPSA) is 27.0 Å². The number of benzene rings is 1. The van der Waals surface area contributed by atoms with Crippen LogP contribution in [0.5, 0.6) is 0 Å². The first-order valence-electron chi connectivity index (χ1n) is 6.92. The molecule has 1 aliphatic heterocycles. The molecule has 1 fully saturated rings. The maximum atomic E-state index is 9.49. The third-order valence-corrected chi connectivity index (χ3v) is 5.02. The normalized spacial score (nSPS) is 27.1. The van der Waals surface area contributed by atoms with E-state index in [1.807, 2.05) is 12.3 Å². The molecule has 0 aliphatic carbocycles. The minimum atomic E-state index is 0.500. The molecule has 0 aromatic heterocycles. The van der Waals surface area contributed by atoms with Gasteiger partial charge in [-0.25, -0.2) is 0 Å². The van der Waals surface area contributed by atoms with Gasteiger partial charge in [0.15, 0.2) is 0 Å². The van der Waals surface area contributed by atoms with E-state index in [1.54, 1.807) is 11.8 Å². The predicted molar refractivity (Wildman–Crippen MR) is 82.7 cm³/mol. The second kappa shape index (κ2) is 5.88. The van der Waals surface area contributed by atoms with Gasteiger partial charge in [0.2, 0.25) is 0 Å². The van der Waals surface area contributed by atoms with Crippen molar-refractivity contribution in [2.45, 2.75) is 38.1 Å². The van der Waals surface area contributed by atoms with Crippen LogP contribution in [0.2, 0.25) is 0 Å². The van der Waals surface area contributed by atoms with Crippen molar-refractivity contribution >= 4 is 17.4 Å². The lowest BCUT2D eigenvalue weighted by Crippen LogP contribution is -2.46. The summed E-state index contributed by atoms with van der Waals surface area (Å²) in [5.74, 6) is 1.36. The van der Waals surface area contributed by atoms with Crippen molar-refractivity contribution in [3.05, 3.63) is 23.8 Å². The smallest absolute Gasteiger partial charge is 0.103 e. The van der Waals surface area contributed by atoms with E-state index in [9.17, 15) is 5.26 Å². The van der Waals surface area contributed by atoms with Crippen LogP contribution >= 0.6 is 11.8 Å². The molecule has 0 saturated carbocycles. The van der Waals surface area contributed by atoms with E-state index in [0.717, 1.165) is 22.7 Å². The van der Waals surface area contributed by atoms with Crippen LogP contribution in [0.1, 0.15) is 32.8 Å². The summed E-state index contributed by atoms with van der Waals surface area (Å²) in [5, 5.41) is 9.49. The van der Waals surface area contributed by atoms with E-state index in [-0.39, 0.29) is 0 Å². The number of hydrogen-bond donors (Lipinski definition) is 0. The Morgan fingerprint density at radius 3 is 2.68 bits per heavy atom. The average Bonchev–Trinajstić information content (AvgIpc) is 2.41. The third kappa shape index (κ3) is 2.74. The van der Waals surface area contributed by atoms with Crippen LogP contribution in [-0.2, 0) is 0 Å². The number of thioether (sulfide) groups is 1. The van der Waals surface area contributed by atoms with Crippen molar-refractivity contribution in [1.82, 2.24) is 0 Å². The summed E-state index contributed by atoms with van der Waals surface area (Å²) in [6, 6.07) is 9.10. The average molecular weight is 274 g/mol. The molecule has 0 radical (unpaired) electrons. The Labute approximate surface area is 120 Å². The van der Waals surface area contributed by atoms with Gasteiger partial charge >= 0.3 is 0 Å². The highest BCUT2D eigenvalue weighted by Gasteiger charge is 2.30. The fourth-order valence-corrected chi connectivity index (χ4v) is 3.64. The highest BCUT2D eigenvalue weighted by Crippen LogP contribution is 2.35. The van der Waals surface area contributed by atoms with Crippen molar-refractivity contribution in [2.24, 2.45) is 11.8 Å². The molecule has 1 aromatic carbocycles. The summed E-state index contributed by atoms with van der Waals surface area (Å²) < 4.78 is 0. The van der Waals surface area contributed by atoms with Gasteiger partial charge in [-0.15, -0.1) is 11.8 Å². The molecule has 0 bridgehead atoms. The number of anilines is 1. The molecule has 1 aliphatic rings. The van der Waals surface area contributed by atoms with Gasteiger partial charge in [-0.2, -0.15) is 5.26 Å². The Kier molecular flexibility index (Phi) is 4.42. The Hall–Kier alpha value is -1.14. The molecule has 1 aromatic rings. The summed E-state index contributed by atoms with van der Waals surface area (Å²) in [5.41, 5.74) is 1.95. The van der Waals surface area contributed by atoms with E-state index in [0.29, 0.717) is 17.9 Å². The highest BCUT2D eigenvalue weighted by molar-refractivity contribution is 7.98. The Bertz CT molecular complexity index is 492. The maximum absolute atomic E-state index is 9.49. The van der Waals surface area contributed by atoms with Crippen LogP contribution in [0.15, 0.2) is 23.1 Å². The summed E-state index contributed by atoms with van der Waals surface area (Å²) in [4.78, 5) is 3.51. The second-order valence-electron chi connectivity index (χ2n) is 5.68. The molecule has 3 heteroatoms. The van der Waals surface area contributed by atoms with Crippen molar-refractivity contribution in [3.8, 4) is 6.07 Å².